The Balaban J connectivity index is 1.29. The number of nitrogens with zero attached hydrogens (tertiary/aromatic N) is 8. The van der Waals surface area contributed by atoms with Crippen LogP contribution in [0.25, 0.3) is 11.1 Å². The molecule has 0 spiro atoms. The first-order valence-corrected chi connectivity index (χ1v) is 12.3. The second-order valence-corrected chi connectivity index (χ2v) is 9.55. The lowest BCUT2D eigenvalue weighted by Crippen LogP contribution is -2.37. The second kappa shape index (κ2) is 11.0. The number of benzene rings is 1. The van der Waals surface area contributed by atoms with E-state index in [0.717, 1.165) is 5.56 Å². The first-order valence-electron chi connectivity index (χ1n) is 11.9. The summed E-state index contributed by atoms with van der Waals surface area (Å²) in [7, 11) is 0. The minimum absolute atomic E-state index is 0.0102. The van der Waals surface area contributed by atoms with Crippen molar-refractivity contribution in [1.29, 1.82) is 0 Å². The molecule has 206 valence electrons. The topological polar surface area (TPSA) is 144 Å². The number of nitrogens with two attached hydrogens (primary N) is 1. The van der Waals surface area contributed by atoms with Gasteiger partial charge in [-0.3, -0.25) is 4.68 Å². The normalized spacial score (nSPS) is 17.9. The van der Waals surface area contributed by atoms with Gasteiger partial charge in [-0.1, -0.05) is 17.7 Å². The number of anilines is 2. The maximum absolute atomic E-state index is 12.8. The third-order valence-corrected chi connectivity index (χ3v) is 6.23. The molecule has 1 saturated carbocycles. The van der Waals surface area contributed by atoms with Crippen LogP contribution in [0.2, 0.25) is 5.02 Å². The monoisotopic (exact) mass is 564 g/mol. The highest BCUT2D eigenvalue weighted by atomic mass is 35.5. The van der Waals surface area contributed by atoms with Crippen LogP contribution < -0.4 is 20.5 Å². The first-order chi connectivity index (χ1) is 18.6. The van der Waals surface area contributed by atoms with Gasteiger partial charge in [-0.2, -0.15) is 13.2 Å². The highest BCUT2D eigenvalue weighted by molar-refractivity contribution is 6.32. The van der Waals surface area contributed by atoms with Gasteiger partial charge in [0.2, 0.25) is 5.95 Å². The van der Waals surface area contributed by atoms with Crippen molar-refractivity contribution >= 4 is 23.2 Å². The third-order valence-electron chi connectivity index (χ3n) is 5.92. The summed E-state index contributed by atoms with van der Waals surface area (Å²) in [6.45, 7) is 0.816. The van der Waals surface area contributed by atoms with E-state index in [1.54, 1.807) is 46.2 Å². The van der Waals surface area contributed by atoms with Gasteiger partial charge in [-0.15, -0.1) is 10.2 Å². The molecule has 1 fully saturated rings. The van der Waals surface area contributed by atoms with E-state index in [9.17, 15) is 13.2 Å². The molecular weight excluding hydrogens is 541 g/mol. The Bertz CT molecular complexity index is 1390. The van der Waals surface area contributed by atoms with Gasteiger partial charge in [-0.25, -0.2) is 14.6 Å². The molecule has 1 aliphatic carbocycles. The van der Waals surface area contributed by atoms with E-state index in [4.69, 9.17) is 26.8 Å². The van der Waals surface area contributed by atoms with Crippen LogP contribution in [0.5, 0.6) is 11.6 Å². The van der Waals surface area contributed by atoms with Gasteiger partial charge in [0.25, 0.3) is 5.88 Å². The van der Waals surface area contributed by atoms with E-state index in [1.165, 1.54) is 6.33 Å². The molecule has 4 aromatic rings. The molecular formula is C23H24ClF3N10O2. The van der Waals surface area contributed by atoms with Crippen molar-refractivity contribution in [3.05, 3.63) is 48.1 Å². The second-order valence-electron chi connectivity index (χ2n) is 9.14. The van der Waals surface area contributed by atoms with Gasteiger partial charge in [-0.05, 0) is 47.9 Å². The Hall–Kier alpha value is -3.98. The largest absolute Gasteiger partial charge is 0.487 e. The quantitative estimate of drug-likeness (QED) is 0.292. The fraction of sp³-hybridized carbons (Fsp3) is 0.391. The fourth-order valence-corrected chi connectivity index (χ4v) is 4.13. The molecule has 3 heterocycles. The Kier molecular flexibility index (Phi) is 7.52. The maximum Gasteiger partial charge on any atom is 0.422 e. The summed E-state index contributed by atoms with van der Waals surface area (Å²) < 4.78 is 52.3. The molecule has 0 saturated heterocycles. The third kappa shape index (κ3) is 6.72. The zero-order chi connectivity index (χ0) is 27.6. The van der Waals surface area contributed by atoms with E-state index >= 15 is 0 Å². The van der Waals surface area contributed by atoms with Gasteiger partial charge < -0.3 is 20.5 Å². The number of tetrazole rings is 1. The van der Waals surface area contributed by atoms with Gasteiger partial charge >= 0.3 is 6.18 Å². The number of aromatic nitrogens is 8. The van der Waals surface area contributed by atoms with Gasteiger partial charge in [0.05, 0.1) is 23.8 Å². The van der Waals surface area contributed by atoms with Crippen LogP contribution in [0.15, 0.2) is 43.1 Å². The van der Waals surface area contributed by atoms with Gasteiger partial charge in [0.15, 0.2) is 6.61 Å². The zero-order valence-electron chi connectivity index (χ0n) is 20.6. The molecule has 3 aromatic heterocycles. The van der Waals surface area contributed by atoms with Crippen LogP contribution >= 0.6 is 11.6 Å². The smallest absolute Gasteiger partial charge is 0.422 e. The summed E-state index contributed by atoms with van der Waals surface area (Å²) in [6.07, 6.45) is 2.77. The summed E-state index contributed by atoms with van der Waals surface area (Å²) >= 11 is 6.33. The first kappa shape index (κ1) is 26.6. The molecule has 5 rings (SSSR count). The number of alkyl halides is 3. The van der Waals surface area contributed by atoms with Crippen LogP contribution in [0.1, 0.15) is 25.8 Å². The van der Waals surface area contributed by atoms with Crippen LogP contribution in [0.4, 0.5) is 24.8 Å². The SMILES string of the molecule is CC(Cn1cnnn1)Oc1cc(-c2cnc(Nc3cn(C4CC(N)C4)nc3OCC(F)(F)F)nc2)ccc1Cl. The van der Waals surface area contributed by atoms with E-state index in [2.05, 4.69) is 35.9 Å². The molecule has 0 radical (unpaired) electrons. The minimum Gasteiger partial charge on any atom is -0.487 e. The van der Waals surface area contributed by atoms with Crippen molar-refractivity contribution in [1.82, 2.24) is 40.0 Å². The molecule has 1 aromatic carbocycles. The standard InChI is InChI=1S/C23H24ClF3N10O2/c1-13(9-36-12-31-34-35-36)39-20-4-14(2-3-18(20)24)15-7-29-22(30-8-15)32-19-10-37(17-5-16(28)6-17)33-21(19)38-11-23(25,26)27/h2-4,7-8,10,12-13,16-17H,5-6,9,11,28H2,1H3,(H,29,30,32). The average molecular weight is 565 g/mol. The average Bonchev–Trinajstić information content (AvgIpc) is 3.52. The van der Waals surface area contributed by atoms with E-state index < -0.39 is 12.8 Å². The highest BCUT2D eigenvalue weighted by Crippen LogP contribution is 2.35. The molecule has 1 aliphatic rings. The van der Waals surface area contributed by atoms with Crippen molar-refractivity contribution in [2.24, 2.45) is 5.73 Å². The molecule has 1 unspecified atom stereocenters. The Morgan fingerprint density at radius 2 is 1.97 bits per heavy atom. The summed E-state index contributed by atoms with van der Waals surface area (Å²) in [5, 5.41) is 18.5. The molecule has 0 aliphatic heterocycles. The number of nitrogens with one attached hydrogen (secondary N) is 1. The lowest BCUT2D eigenvalue weighted by Gasteiger charge is -2.32. The summed E-state index contributed by atoms with van der Waals surface area (Å²) in [6, 6.07) is 5.29. The van der Waals surface area contributed by atoms with Crippen molar-refractivity contribution < 1.29 is 22.6 Å². The van der Waals surface area contributed by atoms with E-state index in [0.29, 0.717) is 35.7 Å². The summed E-state index contributed by atoms with van der Waals surface area (Å²) in [4.78, 5) is 8.61. The van der Waals surface area contributed by atoms with Crippen molar-refractivity contribution in [3.63, 3.8) is 0 Å². The van der Waals surface area contributed by atoms with Crippen molar-refractivity contribution in [3.8, 4) is 22.8 Å². The predicted molar refractivity (Wildman–Crippen MR) is 134 cm³/mol. The molecule has 0 bridgehead atoms. The predicted octanol–water partition coefficient (Wildman–Crippen LogP) is 3.79. The highest BCUT2D eigenvalue weighted by Gasteiger charge is 2.32. The lowest BCUT2D eigenvalue weighted by molar-refractivity contribution is -0.154. The summed E-state index contributed by atoms with van der Waals surface area (Å²) in [5.41, 5.74) is 7.47. The molecule has 16 heteroatoms. The number of rotatable bonds is 10. The number of ether oxygens (including phenoxy) is 2. The number of hydrogen-bond acceptors (Lipinski definition) is 10. The minimum atomic E-state index is -4.51. The van der Waals surface area contributed by atoms with E-state index in [-0.39, 0.29) is 35.7 Å². The fourth-order valence-electron chi connectivity index (χ4n) is 3.97. The zero-order valence-corrected chi connectivity index (χ0v) is 21.3. The molecule has 12 nitrogen and oxygen atoms in total. The van der Waals surface area contributed by atoms with Crippen LogP contribution in [0.3, 0.4) is 0 Å². The number of hydrogen-bond donors (Lipinski definition) is 2. The van der Waals surface area contributed by atoms with Gasteiger partial charge in [0.1, 0.15) is 23.9 Å². The van der Waals surface area contributed by atoms with Crippen LogP contribution in [0, 0.1) is 0 Å². The molecule has 39 heavy (non-hydrogen) atoms. The summed E-state index contributed by atoms with van der Waals surface area (Å²) in [5.74, 6) is 0.420. The Morgan fingerprint density at radius 3 is 2.64 bits per heavy atom. The molecule has 1 atom stereocenters. The van der Waals surface area contributed by atoms with Gasteiger partial charge in [0, 0.05) is 24.0 Å². The van der Waals surface area contributed by atoms with Crippen LogP contribution in [-0.2, 0) is 6.54 Å². The lowest BCUT2D eigenvalue weighted by atomic mass is 9.88. The molecule has 0 amide bonds. The van der Waals surface area contributed by atoms with E-state index in [1.807, 2.05) is 6.92 Å². The maximum atomic E-state index is 12.8. The van der Waals surface area contributed by atoms with Crippen molar-refractivity contribution in [2.45, 2.75) is 50.7 Å². The van der Waals surface area contributed by atoms with Crippen LogP contribution in [-0.4, -0.2) is 64.9 Å². The Morgan fingerprint density at radius 1 is 1.21 bits per heavy atom. The molecule has 3 N–H and O–H groups in total. The Labute approximate surface area is 225 Å². The van der Waals surface area contributed by atoms with Crippen molar-refractivity contribution in [2.75, 3.05) is 11.9 Å². The number of halogens is 4.